The van der Waals surface area contributed by atoms with Crippen molar-refractivity contribution in [1.29, 1.82) is 0 Å². The maximum atomic E-state index is 13.0. The minimum absolute atomic E-state index is 0.242. The van der Waals surface area contributed by atoms with Crippen LogP contribution in [-0.4, -0.2) is 44.9 Å². The molecule has 0 saturated carbocycles. The van der Waals surface area contributed by atoms with Gasteiger partial charge < -0.3 is 10.1 Å². The minimum Gasteiger partial charge on any atom is -0.497 e. The third kappa shape index (κ3) is 4.31. The summed E-state index contributed by atoms with van der Waals surface area (Å²) < 4.78 is 32.5. The van der Waals surface area contributed by atoms with Gasteiger partial charge >= 0.3 is 0 Å². The molecule has 27 heavy (non-hydrogen) atoms. The van der Waals surface area contributed by atoms with Crippen LogP contribution in [0.5, 0.6) is 5.75 Å². The SMILES string of the molecule is COc1cccc(C(=O)NC[C@@H]2CCCN2S(=O)(=O)c2ccc(C)cc2)c1. The van der Waals surface area contributed by atoms with E-state index in [9.17, 15) is 13.2 Å². The first-order valence-corrected chi connectivity index (χ1v) is 10.4. The van der Waals surface area contributed by atoms with Crippen molar-refractivity contribution in [2.45, 2.75) is 30.7 Å². The van der Waals surface area contributed by atoms with Crippen LogP contribution in [0.15, 0.2) is 53.4 Å². The molecule has 6 nitrogen and oxygen atoms in total. The zero-order chi connectivity index (χ0) is 19.4. The van der Waals surface area contributed by atoms with Crippen LogP contribution < -0.4 is 10.1 Å². The number of carbonyl (C=O) groups excluding carboxylic acids is 1. The molecule has 1 atom stereocenters. The molecule has 1 amide bonds. The van der Waals surface area contributed by atoms with Crippen LogP contribution in [0.4, 0.5) is 0 Å². The van der Waals surface area contributed by atoms with E-state index in [1.165, 1.54) is 4.31 Å². The van der Waals surface area contributed by atoms with E-state index >= 15 is 0 Å². The Morgan fingerprint density at radius 3 is 2.67 bits per heavy atom. The number of hydrogen-bond donors (Lipinski definition) is 1. The highest BCUT2D eigenvalue weighted by Gasteiger charge is 2.35. The number of methoxy groups -OCH3 is 1. The molecule has 1 aliphatic rings. The van der Waals surface area contributed by atoms with Crippen LogP contribution in [0.1, 0.15) is 28.8 Å². The number of nitrogens with one attached hydrogen (secondary N) is 1. The lowest BCUT2D eigenvalue weighted by Gasteiger charge is -2.24. The Labute approximate surface area is 160 Å². The molecule has 1 fully saturated rings. The molecule has 0 radical (unpaired) electrons. The summed E-state index contributed by atoms with van der Waals surface area (Å²) in [7, 11) is -2.02. The first kappa shape index (κ1) is 19.4. The summed E-state index contributed by atoms with van der Waals surface area (Å²) in [6, 6.07) is 13.5. The fraction of sp³-hybridized carbons (Fsp3) is 0.350. The van der Waals surface area contributed by atoms with Gasteiger partial charge in [0, 0.05) is 24.7 Å². The Hall–Kier alpha value is -2.38. The second-order valence-corrected chi connectivity index (χ2v) is 8.56. The number of ether oxygens (including phenoxy) is 1. The van der Waals surface area contributed by atoms with Crippen molar-refractivity contribution in [1.82, 2.24) is 9.62 Å². The predicted octanol–water partition coefficient (Wildman–Crippen LogP) is 2.59. The third-order valence-electron chi connectivity index (χ3n) is 4.78. The standard InChI is InChI=1S/C20H24N2O4S/c1-15-8-10-19(11-9-15)27(24,25)22-12-4-6-17(22)14-21-20(23)16-5-3-7-18(13-16)26-2/h3,5,7-11,13,17H,4,6,12,14H2,1-2H3,(H,21,23)/t17-/m0/s1. The number of hydrogen-bond acceptors (Lipinski definition) is 4. The molecular weight excluding hydrogens is 364 g/mol. The Morgan fingerprint density at radius 2 is 1.96 bits per heavy atom. The van der Waals surface area contributed by atoms with Gasteiger partial charge in [-0.15, -0.1) is 0 Å². The third-order valence-corrected chi connectivity index (χ3v) is 6.75. The van der Waals surface area contributed by atoms with Gasteiger partial charge in [-0.1, -0.05) is 23.8 Å². The van der Waals surface area contributed by atoms with Gasteiger partial charge in [0.15, 0.2) is 0 Å². The quantitative estimate of drug-likeness (QED) is 0.825. The summed E-state index contributed by atoms with van der Waals surface area (Å²) in [6.45, 7) is 2.67. The zero-order valence-electron chi connectivity index (χ0n) is 15.5. The first-order valence-electron chi connectivity index (χ1n) is 8.92. The van der Waals surface area contributed by atoms with Gasteiger partial charge in [0.05, 0.1) is 12.0 Å². The molecule has 2 aromatic rings. The number of sulfonamides is 1. The Morgan fingerprint density at radius 1 is 1.22 bits per heavy atom. The molecule has 0 aliphatic carbocycles. The first-order chi connectivity index (χ1) is 12.9. The lowest BCUT2D eigenvalue weighted by molar-refractivity contribution is 0.0946. The van der Waals surface area contributed by atoms with Crippen molar-refractivity contribution in [3.8, 4) is 5.75 Å². The number of aryl methyl sites for hydroxylation is 1. The van der Waals surface area contributed by atoms with E-state index < -0.39 is 10.0 Å². The average Bonchev–Trinajstić information content (AvgIpc) is 3.16. The molecule has 1 aliphatic heterocycles. The van der Waals surface area contributed by atoms with Gasteiger partial charge in [-0.3, -0.25) is 4.79 Å². The predicted molar refractivity (Wildman–Crippen MR) is 103 cm³/mol. The summed E-state index contributed by atoms with van der Waals surface area (Å²) in [5, 5.41) is 2.85. The van der Waals surface area contributed by atoms with E-state index in [0.29, 0.717) is 22.8 Å². The van der Waals surface area contributed by atoms with Gasteiger partial charge in [0.1, 0.15) is 5.75 Å². The van der Waals surface area contributed by atoms with Crippen LogP contribution in [-0.2, 0) is 10.0 Å². The Balaban J connectivity index is 1.69. The number of amides is 1. The van der Waals surface area contributed by atoms with Gasteiger partial charge in [-0.05, 0) is 50.1 Å². The van der Waals surface area contributed by atoms with Gasteiger partial charge in [0.2, 0.25) is 10.0 Å². The lowest BCUT2D eigenvalue weighted by Crippen LogP contribution is -2.43. The van der Waals surface area contributed by atoms with E-state index in [4.69, 9.17) is 4.74 Å². The normalized spacial score (nSPS) is 17.6. The van der Waals surface area contributed by atoms with Crippen LogP contribution in [0, 0.1) is 6.92 Å². The molecule has 7 heteroatoms. The molecule has 0 aromatic heterocycles. The van der Waals surface area contributed by atoms with Crippen LogP contribution >= 0.6 is 0 Å². The maximum Gasteiger partial charge on any atom is 0.251 e. The molecule has 0 spiro atoms. The fourth-order valence-electron chi connectivity index (χ4n) is 3.25. The van der Waals surface area contributed by atoms with Crippen LogP contribution in [0.2, 0.25) is 0 Å². The van der Waals surface area contributed by atoms with Gasteiger partial charge in [-0.2, -0.15) is 4.31 Å². The summed E-state index contributed by atoms with van der Waals surface area (Å²) in [5.41, 5.74) is 1.50. The molecular formula is C20H24N2O4S. The highest BCUT2D eigenvalue weighted by atomic mass is 32.2. The number of nitrogens with zero attached hydrogens (tertiary/aromatic N) is 1. The molecule has 3 rings (SSSR count). The Bertz CT molecular complexity index is 910. The molecule has 0 bridgehead atoms. The summed E-state index contributed by atoms with van der Waals surface area (Å²) in [4.78, 5) is 12.7. The lowest BCUT2D eigenvalue weighted by atomic mass is 10.2. The second-order valence-electron chi connectivity index (χ2n) is 6.67. The summed E-state index contributed by atoms with van der Waals surface area (Å²) in [5.74, 6) is 0.362. The van der Waals surface area contributed by atoms with Crippen molar-refractivity contribution < 1.29 is 17.9 Å². The van der Waals surface area contributed by atoms with E-state index in [-0.39, 0.29) is 18.5 Å². The number of rotatable bonds is 6. The minimum atomic E-state index is -3.57. The molecule has 1 saturated heterocycles. The van der Waals surface area contributed by atoms with E-state index in [1.54, 1.807) is 55.6 Å². The molecule has 144 valence electrons. The Kier molecular flexibility index (Phi) is 5.82. The fourth-order valence-corrected chi connectivity index (χ4v) is 4.94. The van der Waals surface area contributed by atoms with Gasteiger partial charge in [0.25, 0.3) is 5.91 Å². The number of carbonyl (C=O) groups is 1. The largest absolute Gasteiger partial charge is 0.497 e. The van der Waals surface area contributed by atoms with Crippen molar-refractivity contribution in [3.63, 3.8) is 0 Å². The maximum absolute atomic E-state index is 13.0. The monoisotopic (exact) mass is 388 g/mol. The topological polar surface area (TPSA) is 75.7 Å². The highest BCUT2D eigenvalue weighted by molar-refractivity contribution is 7.89. The number of benzene rings is 2. The van der Waals surface area contributed by atoms with E-state index in [2.05, 4.69) is 5.32 Å². The average molecular weight is 388 g/mol. The summed E-state index contributed by atoms with van der Waals surface area (Å²) in [6.07, 6.45) is 1.51. The smallest absolute Gasteiger partial charge is 0.251 e. The van der Waals surface area contributed by atoms with E-state index in [0.717, 1.165) is 18.4 Å². The molecule has 0 unspecified atom stereocenters. The van der Waals surface area contributed by atoms with Gasteiger partial charge in [-0.25, -0.2) is 8.42 Å². The second kappa shape index (κ2) is 8.10. The molecule has 1 N–H and O–H groups in total. The molecule has 2 aromatic carbocycles. The summed E-state index contributed by atoms with van der Waals surface area (Å²) >= 11 is 0. The zero-order valence-corrected chi connectivity index (χ0v) is 16.3. The van der Waals surface area contributed by atoms with Crippen molar-refractivity contribution in [2.75, 3.05) is 20.2 Å². The van der Waals surface area contributed by atoms with Crippen molar-refractivity contribution in [3.05, 3.63) is 59.7 Å². The van der Waals surface area contributed by atoms with Crippen molar-refractivity contribution in [2.24, 2.45) is 0 Å². The van der Waals surface area contributed by atoms with Crippen LogP contribution in [0.3, 0.4) is 0 Å². The highest BCUT2D eigenvalue weighted by Crippen LogP contribution is 2.26. The molecule has 1 heterocycles. The van der Waals surface area contributed by atoms with Crippen LogP contribution in [0.25, 0.3) is 0 Å². The van der Waals surface area contributed by atoms with Crippen molar-refractivity contribution >= 4 is 15.9 Å². The van der Waals surface area contributed by atoms with E-state index in [1.807, 2.05) is 6.92 Å².